The van der Waals surface area contributed by atoms with Crippen molar-refractivity contribution in [2.45, 2.75) is 130 Å². The molecule has 0 bridgehead atoms. The fourth-order valence-corrected chi connectivity index (χ4v) is 6.91. The van der Waals surface area contributed by atoms with Crippen LogP contribution in [0, 0.1) is 0 Å². The minimum absolute atomic E-state index is 0.123. The number of unbranched alkanes of at least 4 members (excludes halogenated alkanes) is 2. The molecule has 0 spiro atoms. The molecule has 2 N–H and O–H groups in total. The lowest BCUT2D eigenvalue weighted by atomic mass is 9.95. The predicted molar refractivity (Wildman–Crippen MR) is 197 cm³/mol. The van der Waals surface area contributed by atoms with E-state index in [0.29, 0.717) is 17.8 Å². The van der Waals surface area contributed by atoms with Crippen molar-refractivity contribution in [3.05, 3.63) is 90.7 Å². The summed E-state index contributed by atoms with van der Waals surface area (Å²) in [5.74, 6) is 0.112. The van der Waals surface area contributed by atoms with Crippen molar-refractivity contribution in [2.24, 2.45) is 0 Å². The Morgan fingerprint density at radius 2 is 1.12 bits per heavy atom. The van der Waals surface area contributed by atoms with Crippen LogP contribution in [0.4, 0.5) is 5.69 Å². The lowest BCUT2D eigenvalue weighted by molar-refractivity contribution is 0.0959. The molecule has 0 atom stereocenters. The first-order valence-corrected chi connectivity index (χ1v) is 18.5. The lowest BCUT2D eigenvalue weighted by Gasteiger charge is -2.21. The summed E-state index contributed by atoms with van der Waals surface area (Å²) >= 11 is 0. The molecule has 3 aromatic rings. The fourth-order valence-electron chi connectivity index (χ4n) is 6.91. The molecule has 2 amide bonds. The number of benzene rings is 1. The van der Waals surface area contributed by atoms with E-state index in [9.17, 15) is 19.2 Å². The Bertz CT molecular complexity index is 1670. The average molecular weight is 673 g/mol. The monoisotopic (exact) mass is 672 g/mol. The van der Waals surface area contributed by atoms with Gasteiger partial charge in [0.25, 0.3) is 22.9 Å². The number of aromatic nitrogens is 2. The number of aryl methyl sites for hydroxylation is 2. The van der Waals surface area contributed by atoms with E-state index in [2.05, 4.69) is 24.5 Å². The van der Waals surface area contributed by atoms with Crippen LogP contribution in [0.2, 0.25) is 0 Å². The minimum Gasteiger partial charge on any atom is -0.497 e. The van der Waals surface area contributed by atoms with E-state index in [4.69, 9.17) is 4.74 Å². The third kappa shape index (κ3) is 9.96. The summed E-state index contributed by atoms with van der Waals surface area (Å²) in [6.07, 6.45) is 17.2. The normalized spacial score (nSPS) is 14.4. The highest BCUT2D eigenvalue weighted by Crippen LogP contribution is 2.23. The number of ether oxygens (including phenoxy) is 1. The second-order valence-corrected chi connectivity index (χ2v) is 13.3. The highest BCUT2D eigenvalue weighted by molar-refractivity contribution is 6.04. The molecule has 2 heterocycles. The Hall–Kier alpha value is -4.14. The average Bonchev–Trinajstić information content (AvgIpc) is 3.09. The second-order valence-electron chi connectivity index (χ2n) is 13.3. The molecule has 49 heavy (non-hydrogen) atoms. The van der Waals surface area contributed by atoms with E-state index in [1.54, 1.807) is 38.4 Å². The number of nitrogens with one attached hydrogen (secondary N) is 2. The Labute approximate surface area is 291 Å². The quantitative estimate of drug-likeness (QED) is 0.236. The molecule has 9 heteroatoms. The number of nitrogens with zero attached hydrogens (tertiary/aromatic N) is 2. The first-order chi connectivity index (χ1) is 23.8. The minimum atomic E-state index is -0.342. The maximum atomic E-state index is 13.2. The van der Waals surface area contributed by atoms with Gasteiger partial charge in [-0.1, -0.05) is 52.4 Å². The van der Waals surface area contributed by atoms with Crippen LogP contribution in [0.25, 0.3) is 0 Å². The SMILES string of the molecule is CCCCn1c2c(cc(C(=O)NC)c1=O)CCCCCC2.CCCCn1c2c(cc(C(=O)Nc3ccc(OC)cc3)c1=O)CCCCCC2. The van der Waals surface area contributed by atoms with Gasteiger partial charge in [-0.2, -0.15) is 0 Å². The number of amides is 2. The van der Waals surface area contributed by atoms with Crippen molar-refractivity contribution in [1.29, 1.82) is 0 Å². The Morgan fingerprint density at radius 1 is 0.673 bits per heavy atom. The zero-order valence-corrected chi connectivity index (χ0v) is 30.1. The number of anilines is 1. The molecule has 0 unspecified atom stereocenters. The van der Waals surface area contributed by atoms with Crippen molar-refractivity contribution in [3.8, 4) is 5.75 Å². The van der Waals surface area contributed by atoms with Gasteiger partial charge in [0.15, 0.2) is 0 Å². The molecule has 0 aliphatic heterocycles. The van der Waals surface area contributed by atoms with Gasteiger partial charge in [-0.15, -0.1) is 0 Å². The molecule has 0 radical (unpaired) electrons. The molecule has 0 fully saturated rings. The highest BCUT2D eigenvalue weighted by Gasteiger charge is 2.21. The largest absolute Gasteiger partial charge is 0.497 e. The van der Waals surface area contributed by atoms with E-state index >= 15 is 0 Å². The lowest BCUT2D eigenvalue weighted by Crippen LogP contribution is -2.34. The van der Waals surface area contributed by atoms with Gasteiger partial charge in [0.05, 0.1) is 7.11 Å². The van der Waals surface area contributed by atoms with E-state index in [1.807, 2.05) is 21.3 Å². The van der Waals surface area contributed by atoms with E-state index < -0.39 is 0 Å². The fraction of sp³-hybridized carbons (Fsp3) is 0.550. The Kier molecular flexibility index (Phi) is 14.7. The van der Waals surface area contributed by atoms with Crippen LogP contribution >= 0.6 is 0 Å². The van der Waals surface area contributed by atoms with E-state index in [1.165, 1.54) is 36.9 Å². The summed E-state index contributed by atoms with van der Waals surface area (Å²) in [5.41, 5.74) is 5.57. The summed E-state index contributed by atoms with van der Waals surface area (Å²) in [5, 5.41) is 5.45. The molecule has 0 saturated heterocycles. The molecule has 2 aromatic heterocycles. The van der Waals surface area contributed by atoms with Crippen molar-refractivity contribution in [2.75, 3.05) is 19.5 Å². The molecule has 266 valence electrons. The van der Waals surface area contributed by atoms with Crippen LogP contribution in [0.1, 0.15) is 134 Å². The van der Waals surface area contributed by atoms with Crippen molar-refractivity contribution in [1.82, 2.24) is 14.5 Å². The van der Waals surface area contributed by atoms with Crippen molar-refractivity contribution < 1.29 is 14.3 Å². The number of fused-ring (bicyclic) bond motifs is 2. The van der Waals surface area contributed by atoms with Crippen LogP contribution in [0.5, 0.6) is 5.75 Å². The van der Waals surface area contributed by atoms with Gasteiger partial charge in [-0.25, -0.2) is 0 Å². The zero-order valence-electron chi connectivity index (χ0n) is 30.1. The molecule has 0 saturated carbocycles. The molecular formula is C40H56N4O5. The number of carbonyl (C=O) groups is 2. The molecule has 5 rings (SSSR count). The standard InChI is InChI=1S/C23H30N2O3.C17H26N2O2/c1-3-4-15-25-21-10-8-6-5-7-9-17(21)16-20(23(25)27)22(26)24-18-11-13-19(28-2)14-12-18;1-3-4-11-19-15-10-8-6-5-7-9-13(15)12-14(17(19)21)16(20)18-2/h11-14,16H,3-10,15H2,1-2H3,(H,24,26);12H,3-11H2,1-2H3,(H,18,20). The molecular weight excluding hydrogens is 616 g/mol. The zero-order chi connectivity index (χ0) is 35.2. The highest BCUT2D eigenvalue weighted by atomic mass is 16.5. The van der Waals surface area contributed by atoms with Gasteiger partial charge < -0.3 is 24.5 Å². The van der Waals surface area contributed by atoms with Crippen molar-refractivity contribution >= 4 is 17.5 Å². The molecule has 2 aliphatic carbocycles. The second kappa shape index (κ2) is 19.2. The topological polar surface area (TPSA) is 111 Å². The molecule has 1 aromatic carbocycles. The van der Waals surface area contributed by atoms with Gasteiger partial charge in [-0.05, 0) is 112 Å². The Balaban J connectivity index is 0.000000230. The Morgan fingerprint density at radius 3 is 1.55 bits per heavy atom. The number of methoxy groups -OCH3 is 1. The third-order valence-electron chi connectivity index (χ3n) is 9.74. The van der Waals surface area contributed by atoms with Crippen LogP contribution < -0.4 is 26.5 Å². The van der Waals surface area contributed by atoms with Crippen LogP contribution in [-0.2, 0) is 38.8 Å². The van der Waals surface area contributed by atoms with Crippen LogP contribution in [0.15, 0.2) is 46.0 Å². The number of carbonyl (C=O) groups excluding carboxylic acids is 2. The van der Waals surface area contributed by atoms with Gasteiger partial charge >= 0.3 is 0 Å². The number of rotatable bonds is 10. The van der Waals surface area contributed by atoms with Gasteiger partial charge in [0.1, 0.15) is 16.9 Å². The van der Waals surface area contributed by atoms with Gasteiger partial charge in [-0.3, -0.25) is 19.2 Å². The smallest absolute Gasteiger partial charge is 0.263 e. The summed E-state index contributed by atoms with van der Waals surface area (Å²) in [7, 11) is 3.18. The van der Waals surface area contributed by atoms with Crippen LogP contribution in [0.3, 0.4) is 0 Å². The summed E-state index contributed by atoms with van der Waals surface area (Å²) in [6, 6.07) is 10.8. The third-order valence-corrected chi connectivity index (χ3v) is 9.74. The van der Waals surface area contributed by atoms with Gasteiger partial charge in [0, 0.05) is 37.2 Å². The number of hydrogen-bond acceptors (Lipinski definition) is 5. The number of pyridine rings is 2. The van der Waals surface area contributed by atoms with Crippen LogP contribution in [-0.4, -0.2) is 35.1 Å². The summed E-state index contributed by atoms with van der Waals surface area (Å²) in [6.45, 7) is 5.65. The molecule has 2 aliphatic rings. The predicted octanol–water partition coefficient (Wildman–Crippen LogP) is 7.24. The van der Waals surface area contributed by atoms with E-state index in [-0.39, 0.29) is 28.5 Å². The maximum absolute atomic E-state index is 13.2. The van der Waals surface area contributed by atoms with E-state index in [0.717, 1.165) is 101 Å². The van der Waals surface area contributed by atoms with Gasteiger partial charge in [0.2, 0.25) is 0 Å². The maximum Gasteiger partial charge on any atom is 0.263 e. The first-order valence-electron chi connectivity index (χ1n) is 18.5. The van der Waals surface area contributed by atoms with Crippen molar-refractivity contribution in [3.63, 3.8) is 0 Å². The number of hydrogen-bond donors (Lipinski definition) is 2. The summed E-state index contributed by atoms with van der Waals surface area (Å²) in [4.78, 5) is 50.7. The summed E-state index contributed by atoms with van der Waals surface area (Å²) < 4.78 is 8.89. The first kappa shape index (κ1) is 37.7. The molecule has 9 nitrogen and oxygen atoms in total.